The molecule has 120 valence electrons. The molecule has 24 heavy (non-hydrogen) atoms. The third-order valence-electron chi connectivity index (χ3n) is 3.69. The average molecular weight is 382 g/mol. The molecule has 1 heterocycles. The van der Waals surface area contributed by atoms with Gasteiger partial charge >= 0.3 is 0 Å². The van der Waals surface area contributed by atoms with Crippen molar-refractivity contribution in [2.24, 2.45) is 0 Å². The van der Waals surface area contributed by atoms with Crippen molar-refractivity contribution in [1.29, 1.82) is 0 Å². The van der Waals surface area contributed by atoms with Crippen LogP contribution in [0.5, 0.6) is 0 Å². The SMILES string of the molecule is Cc1ccc(NC(=O)C[n+]2cccc(-c3ccccc3)c2)c(Br)c1. The van der Waals surface area contributed by atoms with Gasteiger partial charge in [0, 0.05) is 16.1 Å². The molecule has 0 aliphatic carbocycles. The van der Waals surface area contributed by atoms with Crippen LogP contribution in [0.2, 0.25) is 0 Å². The zero-order valence-corrected chi connectivity index (χ0v) is 15.0. The molecule has 4 heteroatoms. The van der Waals surface area contributed by atoms with Crippen LogP contribution in [-0.2, 0) is 11.3 Å². The van der Waals surface area contributed by atoms with E-state index in [4.69, 9.17) is 0 Å². The Labute approximate surface area is 150 Å². The maximum absolute atomic E-state index is 12.3. The number of hydrogen-bond acceptors (Lipinski definition) is 1. The number of pyridine rings is 1. The molecule has 0 aliphatic rings. The number of rotatable bonds is 4. The van der Waals surface area contributed by atoms with Crippen molar-refractivity contribution < 1.29 is 9.36 Å². The summed E-state index contributed by atoms with van der Waals surface area (Å²) in [5.74, 6) is -0.0604. The number of amides is 1. The molecular weight excluding hydrogens is 364 g/mol. The molecule has 0 saturated carbocycles. The van der Waals surface area contributed by atoms with E-state index in [1.807, 2.05) is 72.4 Å². The summed E-state index contributed by atoms with van der Waals surface area (Å²) in [6.07, 6.45) is 3.88. The number of hydrogen-bond donors (Lipinski definition) is 1. The average Bonchev–Trinajstić information content (AvgIpc) is 2.58. The lowest BCUT2D eigenvalue weighted by molar-refractivity contribution is -0.683. The van der Waals surface area contributed by atoms with Gasteiger partial charge in [-0.2, -0.15) is 4.57 Å². The van der Waals surface area contributed by atoms with Gasteiger partial charge in [0.05, 0.1) is 5.69 Å². The first-order valence-electron chi connectivity index (χ1n) is 7.72. The Hall–Kier alpha value is -2.46. The molecule has 0 bridgehead atoms. The van der Waals surface area contributed by atoms with Crippen molar-refractivity contribution in [3.63, 3.8) is 0 Å². The largest absolute Gasteiger partial charge is 0.320 e. The third kappa shape index (κ3) is 4.09. The smallest absolute Gasteiger partial charge is 0.290 e. The van der Waals surface area contributed by atoms with Crippen LogP contribution in [-0.4, -0.2) is 5.91 Å². The second-order valence-corrected chi connectivity index (χ2v) is 6.52. The Morgan fingerprint density at radius 3 is 2.54 bits per heavy atom. The Kier molecular flexibility index (Phi) is 5.06. The van der Waals surface area contributed by atoms with E-state index in [1.165, 1.54) is 0 Å². The first-order valence-corrected chi connectivity index (χ1v) is 8.52. The molecule has 0 aliphatic heterocycles. The Morgan fingerprint density at radius 2 is 1.79 bits per heavy atom. The highest BCUT2D eigenvalue weighted by Gasteiger charge is 2.12. The van der Waals surface area contributed by atoms with Crippen LogP contribution in [0.15, 0.2) is 77.5 Å². The predicted molar refractivity (Wildman–Crippen MR) is 99.6 cm³/mol. The minimum atomic E-state index is -0.0604. The van der Waals surface area contributed by atoms with Gasteiger partial charge in [0.1, 0.15) is 0 Å². The van der Waals surface area contributed by atoms with Crippen molar-refractivity contribution in [2.75, 3.05) is 5.32 Å². The molecule has 0 atom stereocenters. The lowest BCUT2D eigenvalue weighted by Crippen LogP contribution is -2.39. The van der Waals surface area contributed by atoms with Gasteiger partial charge in [0.2, 0.25) is 6.54 Å². The maximum atomic E-state index is 12.3. The monoisotopic (exact) mass is 381 g/mol. The summed E-state index contributed by atoms with van der Waals surface area (Å²) in [6, 6.07) is 20.0. The molecule has 3 nitrogen and oxygen atoms in total. The number of aryl methyl sites for hydroxylation is 1. The molecule has 3 rings (SSSR count). The minimum Gasteiger partial charge on any atom is -0.320 e. The van der Waals surface area contributed by atoms with Crippen molar-refractivity contribution >= 4 is 27.5 Å². The quantitative estimate of drug-likeness (QED) is 0.669. The van der Waals surface area contributed by atoms with Crippen LogP contribution in [0.3, 0.4) is 0 Å². The van der Waals surface area contributed by atoms with Gasteiger partial charge in [0.25, 0.3) is 5.91 Å². The summed E-state index contributed by atoms with van der Waals surface area (Å²) in [5.41, 5.74) is 4.14. The molecular formula is C20H18BrN2O+. The number of nitrogens with one attached hydrogen (secondary N) is 1. The lowest BCUT2D eigenvalue weighted by Gasteiger charge is -2.07. The summed E-state index contributed by atoms with van der Waals surface area (Å²) in [7, 11) is 0. The summed E-state index contributed by atoms with van der Waals surface area (Å²) in [5, 5.41) is 2.94. The van der Waals surface area contributed by atoms with Gasteiger partial charge in [0.15, 0.2) is 12.4 Å². The third-order valence-corrected chi connectivity index (χ3v) is 4.35. The van der Waals surface area contributed by atoms with E-state index < -0.39 is 0 Å². The molecule has 1 aromatic heterocycles. The highest BCUT2D eigenvalue weighted by molar-refractivity contribution is 9.10. The van der Waals surface area contributed by atoms with Crippen molar-refractivity contribution in [2.45, 2.75) is 13.5 Å². The second-order valence-electron chi connectivity index (χ2n) is 5.66. The second kappa shape index (κ2) is 7.41. The molecule has 0 radical (unpaired) electrons. The molecule has 0 saturated heterocycles. The van der Waals surface area contributed by atoms with Crippen LogP contribution in [0, 0.1) is 6.92 Å². The Bertz CT molecular complexity index is 863. The van der Waals surface area contributed by atoms with E-state index in [0.29, 0.717) is 0 Å². The van der Waals surface area contributed by atoms with Crippen LogP contribution >= 0.6 is 15.9 Å². The van der Waals surface area contributed by atoms with Crippen molar-refractivity contribution in [3.05, 3.63) is 83.1 Å². The van der Waals surface area contributed by atoms with E-state index in [9.17, 15) is 4.79 Å². The van der Waals surface area contributed by atoms with Crippen LogP contribution in [0.4, 0.5) is 5.69 Å². The topological polar surface area (TPSA) is 33.0 Å². The standard InChI is InChI=1S/C20H17BrN2O/c1-15-9-10-19(18(21)12-15)22-20(24)14-23-11-5-8-17(13-23)16-6-3-2-4-7-16/h2-13H,14H2,1H3/p+1. The van der Waals surface area contributed by atoms with E-state index >= 15 is 0 Å². The summed E-state index contributed by atoms with van der Waals surface area (Å²) in [4.78, 5) is 12.3. The van der Waals surface area contributed by atoms with Gasteiger partial charge < -0.3 is 5.32 Å². The van der Waals surface area contributed by atoms with Gasteiger partial charge in [-0.15, -0.1) is 0 Å². The number of anilines is 1. The zero-order valence-electron chi connectivity index (χ0n) is 13.4. The van der Waals surface area contributed by atoms with E-state index in [1.54, 1.807) is 0 Å². The van der Waals surface area contributed by atoms with Gasteiger partial charge in [-0.05, 0) is 52.2 Å². The van der Waals surface area contributed by atoms with Gasteiger partial charge in [-0.25, -0.2) is 0 Å². The lowest BCUT2D eigenvalue weighted by atomic mass is 10.1. The highest BCUT2D eigenvalue weighted by Crippen LogP contribution is 2.23. The molecule has 1 N–H and O–H groups in total. The van der Waals surface area contributed by atoms with Crippen molar-refractivity contribution in [1.82, 2.24) is 0 Å². The van der Waals surface area contributed by atoms with Gasteiger partial charge in [-0.1, -0.05) is 36.4 Å². The predicted octanol–water partition coefficient (Wildman–Crippen LogP) is 4.35. The number of benzene rings is 2. The number of aromatic nitrogens is 1. The molecule has 3 aromatic rings. The zero-order chi connectivity index (χ0) is 16.9. The molecule has 0 spiro atoms. The summed E-state index contributed by atoms with van der Waals surface area (Å²) < 4.78 is 2.78. The van der Waals surface area contributed by atoms with E-state index in [2.05, 4.69) is 33.4 Å². The van der Waals surface area contributed by atoms with Crippen LogP contribution < -0.4 is 9.88 Å². The Morgan fingerprint density at radius 1 is 1.04 bits per heavy atom. The number of carbonyl (C=O) groups excluding carboxylic acids is 1. The number of nitrogens with zero attached hydrogens (tertiary/aromatic N) is 1. The minimum absolute atomic E-state index is 0.0604. The summed E-state index contributed by atoms with van der Waals surface area (Å²) >= 11 is 3.48. The molecule has 0 fully saturated rings. The van der Waals surface area contributed by atoms with E-state index in [-0.39, 0.29) is 12.5 Å². The Balaban J connectivity index is 1.73. The normalized spacial score (nSPS) is 10.4. The fraction of sp³-hybridized carbons (Fsp3) is 0.100. The number of halogens is 1. The van der Waals surface area contributed by atoms with Gasteiger partial charge in [-0.3, -0.25) is 4.79 Å². The molecule has 2 aromatic carbocycles. The van der Waals surface area contributed by atoms with Crippen molar-refractivity contribution in [3.8, 4) is 11.1 Å². The maximum Gasteiger partial charge on any atom is 0.290 e. The first kappa shape index (κ1) is 16.4. The first-order chi connectivity index (χ1) is 11.6. The van der Waals surface area contributed by atoms with E-state index in [0.717, 1.165) is 26.9 Å². The fourth-order valence-corrected chi connectivity index (χ4v) is 3.09. The van der Waals surface area contributed by atoms with Crippen LogP contribution in [0.25, 0.3) is 11.1 Å². The molecule has 1 amide bonds. The number of carbonyl (C=O) groups is 1. The van der Waals surface area contributed by atoms with Crippen LogP contribution in [0.1, 0.15) is 5.56 Å². The molecule has 0 unspecified atom stereocenters. The highest BCUT2D eigenvalue weighted by atomic mass is 79.9. The summed E-state index contributed by atoms with van der Waals surface area (Å²) in [6.45, 7) is 2.28. The fourth-order valence-electron chi connectivity index (χ4n) is 2.50.